The average Bonchev–Trinajstić information content (AvgIpc) is 2.02. The van der Waals surface area contributed by atoms with Gasteiger partial charge < -0.3 is 0 Å². The van der Waals surface area contributed by atoms with Crippen molar-refractivity contribution in [3.05, 3.63) is 34.3 Å². The van der Waals surface area contributed by atoms with Crippen LogP contribution in [0.5, 0.6) is 0 Å². The van der Waals surface area contributed by atoms with Crippen LogP contribution in [0.2, 0.25) is 0 Å². The van der Waals surface area contributed by atoms with Gasteiger partial charge in [0.25, 0.3) is 0 Å². The molecule has 1 nitrogen and oxygen atoms in total. The Hall–Kier alpha value is -0.630. The van der Waals surface area contributed by atoms with Gasteiger partial charge in [0.15, 0.2) is 0 Å². The molecule has 1 saturated carbocycles. The zero-order valence-corrected chi connectivity index (χ0v) is 8.17. The predicted octanol–water partition coefficient (Wildman–Crippen LogP) is 2.90. The van der Waals surface area contributed by atoms with E-state index in [-0.39, 0.29) is 5.92 Å². The summed E-state index contributed by atoms with van der Waals surface area (Å²) in [4.78, 5) is 11.1. The Labute approximate surface area is 79.9 Å². The summed E-state index contributed by atoms with van der Waals surface area (Å²) >= 11 is 3.39. The molecule has 62 valence electrons. The van der Waals surface area contributed by atoms with Crippen molar-refractivity contribution in [2.75, 3.05) is 0 Å². The summed E-state index contributed by atoms with van der Waals surface area (Å²) in [7, 11) is 0. The second kappa shape index (κ2) is 3.02. The molecule has 0 N–H and O–H groups in total. The van der Waals surface area contributed by atoms with Gasteiger partial charge in [-0.2, -0.15) is 0 Å². The lowest BCUT2D eigenvalue weighted by Crippen LogP contribution is -2.22. The molecule has 1 aliphatic carbocycles. The summed E-state index contributed by atoms with van der Waals surface area (Å²) in [5.74, 6) is 0.565. The lowest BCUT2D eigenvalue weighted by atomic mass is 9.79. The summed E-state index contributed by atoms with van der Waals surface area (Å²) in [6.07, 6.45) is 1.78. The lowest BCUT2D eigenvalue weighted by Gasteiger charge is -2.24. The van der Waals surface area contributed by atoms with Crippen molar-refractivity contribution in [1.29, 1.82) is 0 Å². The molecular formula is C10H9BrO. The maximum absolute atomic E-state index is 11.1. The zero-order valence-electron chi connectivity index (χ0n) is 6.59. The van der Waals surface area contributed by atoms with Gasteiger partial charge in [-0.15, -0.1) is 0 Å². The van der Waals surface area contributed by atoms with E-state index in [1.165, 1.54) is 0 Å². The molecule has 0 unspecified atom stereocenters. The van der Waals surface area contributed by atoms with E-state index in [0.717, 1.165) is 22.9 Å². The molecule has 1 aliphatic rings. The first-order valence-corrected chi connectivity index (χ1v) is 4.85. The summed E-state index contributed by atoms with van der Waals surface area (Å²) < 4.78 is 1.06. The standard InChI is InChI=1S/C10H9BrO/c11-8-3-1-2-7(6-8)9-4-5-10(9)12/h1-3,6,9H,4-5H2/t9-/m1/s1. The van der Waals surface area contributed by atoms with Crippen LogP contribution in [0.15, 0.2) is 28.7 Å². The Morgan fingerprint density at radius 3 is 2.75 bits per heavy atom. The minimum absolute atomic E-state index is 0.183. The highest BCUT2D eigenvalue weighted by atomic mass is 79.9. The van der Waals surface area contributed by atoms with E-state index in [1.54, 1.807) is 0 Å². The molecule has 0 aliphatic heterocycles. The number of ketones is 1. The molecular weight excluding hydrogens is 216 g/mol. The molecule has 2 heteroatoms. The maximum atomic E-state index is 11.1. The molecule has 1 aromatic carbocycles. The van der Waals surface area contributed by atoms with Gasteiger partial charge in [0.2, 0.25) is 0 Å². The normalized spacial score (nSPS) is 22.1. The van der Waals surface area contributed by atoms with Gasteiger partial charge in [-0.25, -0.2) is 0 Å². The van der Waals surface area contributed by atoms with Gasteiger partial charge in [0.1, 0.15) is 5.78 Å². The van der Waals surface area contributed by atoms with Crippen LogP contribution in [-0.2, 0) is 4.79 Å². The van der Waals surface area contributed by atoms with Crippen molar-refractivity contribution >= 4 is 21.7 Å². The van der Waals surface area contributed by atoms with E-state index in [2.05, 4.69) is 15.9 Å². The Bertz CT molecular complexity index is 319. The molecule has 0 saturated heterocycles. The number of hydrogen-bond donors (Lipinski definition) is 0. The Morgan fingerprint density at radius 2 is 2.25 bits per heavy atom. The van der Waals surface area contributed by atoms with E-state index in [4.69, 9.17) is 0 Å². The summed E-state index contributed by atoms with van der Waals surface area (Å²) in [6, 6.07) is 8.01. The highest BCUT2D eigenvalue weighted by Crippen LogP contribution is 2.33. The number of carbonyl (C=O) groups is 1. The van der Waals surface area contributed by atoms with Crippen LogP contribution >= 0.6 is 15.9 Å². The van der Waals surface area contributed by atoms with Crippen LogP contribution in [0.4, 0.5) is 0 Å². The molecule has 0 amide bonds. The Morgan fingerprint density at radius 1 is 1.42 bits per heavy atom. The van der Waals surface area contributed by atoms with Crippen molar-refractivity contribution in [1.82, 2.24) is 0 Å². The Balaban J connectivity index is 2.28. The molecule has 1 fully saturated rings. The van der Waals surface area contributed by atoms with Gasteiger partial charge >= 0.3 is 0 Å². The monoisotopic (exact) mass is 224 g/mol. The number of rotatable bonds is 1. The number of carbonyl (C=O) groups excluding carboxylic acids is 1. The fraction of sp³-hybridized carbons (Fsp3) is 0.300. The predicted molar refractivity (Wildman–Crippen MR) is 51.1 cm³/mol. The minimum Gasteiger partial charge on any atom is -0.299 e. The van der Waals surface area contributed by atoms with Crippen LogP contribution < -0.4 is 0 Å². The fourth-order valence-electron chi connectivity index (χ4n) is 1.48. The molecule has 0 aromatic heterocycles. The SMILES string of the molecule is O=C1CC[C@@H]1c1cccc(Br)c1. The van der Waals surface area contributed by atoms with Gasteiger partial charge in [-0.05, 0) is 24.1 Å². The largest absolute Gasteiger partial charge is 0.299 e. The van der Waals surface area contributed by atoms with Crippen LogP contribution in [-0.4, -0.2) is 5.78 Å². The van der Waals surface area contributed by atoms with E-state index in [9.17, 15) is 4.79 Å². The molecule has 1 aromatic rings. The molecule has 12 heavy (non-hydrogen) atoms. The highest BCUT2D eigenvalue weighted by molar-refractivity contribution is 9.10. The lowest BCUT2D eigenvalue weighted by molar-refractivity contribution is -0.125. The third kappa shape index (κ3) is 1.31. The van der Waals surface area contributed by atoms with E-state index in [0.29, 0.717) is 5.78 Å². The first-order valence-electron chi connectivity index (χ1n) is 4.05. The van der Waals surface area contributed by atoms with E-state index in [1.807, 2.05) is 24.3 Å². The quantitative estimate of drug-likeness (QED) is 0.718. The van der Waals surface area contributed by atoms with Crippen molar-refractivity contribution in [3.63, 3.8) is 0 Å². The summed E-state index contributed by atoms with van der Waals surface area (Å²) in [6.45, 7) is 0. The topological polar surface area (TPSA) is 17.1 Å². The molecule has 0 heterocycles. The number of benzene rings is 1. The highest BCUT2D eigenvalue weighted by Gasteiger charge is 2.29. The molecule has 1 atom stereocenters. The summed E-state index contributed by atoms with van der Waals surface area (Å²) in [5.41, 5.74) is 1.15. The third-order valence-corrected chi connectivity index (χ3v) is 2.81. The fourth-order valence-corrected chi connectivity index (χ4v) is 1.90. The van der Waals surface area contributed by atoms with Gasteiger partial charge in [-0.3, -0.25) is 4.79 Å². The van der Waals surface area contributed by atoms with Crippen LogP contribution in [0.25, 0.3) is 0 Å². The molecule has 0 bridgehead atoms. The minimum atomic E-state index is 0.183. The molecule has 2 rings (SSSR count). The van der Waals surface area contributed by atoms with E-state index < -0.39 is 0 Å². The molecule has 0 radical (unpaired) electrons. The van der Waals surface area contributed by atoms with E-state index >= 15 is 0 Å². The van der Waals surface area contributed by atoms with Crippen molar-refractivity contribution in [2.45, 2.75) is 18.8 Å². The van der Waals surface area contributed by atoms with Gasteiger partial charge in [-0.1, -0.05) is 28.1 Å². The number of Topliss-reactive ketones (excluding diaryl/α,β-unsaturated/α-hetero) is 1. The van der Waals surface area contributed by atoms with Crippen LogP contribution in [0, 0.1) is 0 Å². The van der Waals surface area contributed by atoms with Crippen molar-refractivity contribution < 1.29 is 4.79 Å². The average molecular weight is 225 g/mol. The molecule has 0 spiro atoms. The zero-order chi connectivity index (χ0) is 8.55. The van der Waals surface area contributed by atoms with Gasteiger partial charge in [0, 0.05) is 16.8 Å². The Kier molecular flexibility index (Phi) is 2.01. The second-order valence-electron chi connectivity index (χ2n) is 3.11. The second-order valence-corrected chi connectivity index (χ2v) is 4.03. The van der Waals surface area contributed by atoms with Crippen LogP contribution in [0.3, 0.4) is 0 Å². The number of halogens is 1. The maximum Gasteiger partial charge on any atom is 0.140 e. The van der Waals surface area contributed by atoms with Gasteiger partial charge in [0.05, 0.1) is 0 Å². The van der Waals surface area contributed by atoms with Crippen molar-refractivity contribution in [2.24, 2.45) is 0 Å². The first-order chi connectivity index (χ1) is 5.77. The van der Waals surface area contributed by atoms with Crippen molar-refractivity contribution in [3.8, 4) is 0 Å². The summed E-state index contributed by atoms with van der Waals surface area (Å²) in [5, 5.41) is 0. The smallest absolute Gasteiger partial charge is 0.140 e. The number of hydrogen-bond acceptors (Lipinski definition) is 1. The third-order valence-electron chi connectivity index (χ3n) is 2.32. The van der Waals surface area contributed by atoms with Crippen LogP contribution in [0.1, 0.15) is 24.3 Å². The first kappa shape index (κ1) is 7.99.